The summed E-state index contributed by atoms with van der Waals surface area (Å²) in [5, 5.41) is 18.0. The summed E-state index contributed by atoms with van der Waals surface area (Å²) in [6.45, 7) is 4.40. The minimum absolute atomic E-state index is 0.0396. The van der Waals surface area contributed by atoms with Gasteiger partial charge in [0.15, 0.2) is 16.6 Å². The van der Waals surface area contributed by atoms with Crippen LogP contribution in [0.15, 0.2) is 60.2 Å². The Hall–Kier alpha value is -3.46. The smallest absolute Gasteiger partial charge is 0.269 e. The number of methoxy groups -OCH3 is 1. The summed E-state index contributed by atoms with van der Waals surface area (Å²) >= 11 is 5.04. The second kappa shape index (κ2) is 10.6. The molecule has 2 aromatic rings. The Morgan fingerprint density at radius 1 is 1.29 bits per heavy atom. The van der Waals surface area contributed by atoms with Gasteiger partial charge in [0.25, 0.3) is 5.69 Å². The Kier molecular flexibility index (Phi) is 7.92. The first-order chi connectivity index (χ1) is 13.5. The number of non-ortho nitro benzene ring substituents is 1. The minimum Gasteiger partial charge on any atom is -0.493 e. The van der Waals surface area contributed by atoms with Crippen LogP contribution >= 0.6 is 12.2 Å². The third-order valence-corrected chi connectivity index (χ3v) is 3.75. The molecule has 2 N–H and O–H groups in total. The molecule has 0 aromatic heterocycles. The van der Waals surface area contributed by atoms with Crippen molar-refractivity contribution < 1.29 is 14.4 Å². The number of hydrogen-bond acceptors (Lipinski definition) is 6. The van der Waals surface area contributed by atoms with Crippen LogP contribution in [0.25, 0.3) is 0 Å². The lowest BCUT2D eigenvalue weighted by Crippen LogP contribution is -2.31. The molecule has 0 aliphatic carbocycles. The number of hydrogen-bond donors (Lipinski definition) is 2. The first kappa shape index (κ1) is 20.8. The molecule has 9 heteroatoms. The van der Waals surface area contributed by atoms with Gasteiger partial charge in [-0.1, -0.05) is 6.08 Å². The van der Waals surface area contributed by atoms with Gasteiger partial charge in [0, 0.05) is 18.7 Å². The molecule has 0 fully saturated rings. The van der Waals surface area contributed by atoms with E-state index in [1.165, 1.54) is 12.1 Å². The predicted molar refractivity (Wildman–Crippen MR) is 112 cm³/mol. The second-order valence-corrected chi connectivity index (χ2v) is 5.90. The Morgan fingerprint density at radius 3 is 2.68 bits per heavy atom. The highest BCUT2D eigenvalue weighted by Crippen LogP contribution is 2.28. The number of ether oxygens (including phenoxy) is 2. The predicted octanol–water partition coefficient (Wildman–Crippen LogP) is 3.17. The maximum absolute atomic E-state index is 10.7. The maximum Gasteiger partial charge on any atom is 0.269 e. The van der Waals surface area contributed by atoms with Crippen LogP contribution in [-0.4, -0.2) is 29.9 Å². The summed E-state index contributed by atoms with van der Waals surface area (Å²) in [5.74, 6) is 1.09. The van der Waals surface area contributed by atoms with Crippen LogP contribution in [0.3, 0.4) is 0 Å². The van der Waals surface area contributed by atoms with Crippen molar-refractivity contribution in [3.8, 4) is 11.5 Å². The van der Waals surface area contributed by atoms with Crippen LogP contribution in [-0.2, 0) is 6.61 Å². The van der Waals surface area contributed by atoms with Crippen LogP contribution < -0.4 is 20.2 Å². The molecule has 0 spiro atoms. The van der Waals surface area contributed by atoms with Crippen molar-refractivity contribution in [2.24, 2.45) is 5.10 Å². The number of hydrazone groups is 1. The molecule has 146 valence electrons. The molecule has 2 aromatic carbocycles. The third kappa shape index (κ3) is 6.36. The van der Waals surface area contributed by atoms with Gasteiger partial charge in [0.05, 0.1) is 18.2 Å². The zero-order chi connectivity index (χ0) is 20.4. The number of nitro groups is 1. The third-order valence-electron chi connectivity index (χ3n) is 3.52. The van der Waals surface area contributed by atoms with Crippen molar-refractivity contribution in [3.05, 3.63) is 76.4 Å². The SMILES string of the molecule is C=CCNC(=S)NN=Cc1ccc(OCc2ccc([N+](=O)[O-])cc2)c(OC)c1. The van der Waals surface area contributed by atoms with Gasteiger partial charge in [-0.05, 0) is 53.7 Å². The van der Waals surface area contributed by atoms with E-state index in [4.69, 9.17) is 21.7 Å². The largest absolute Gasteiger partial charge is 0.493 e. The summed E-state index contributed by atoms with van der Waals surface area (Å²) in [6, 6.07) is 11.5. The Labute approximate surface area is 168 Å². The van der Waals surface area contributed by atoms with Crippen molar-refractivity contribution in [2.75, 3.05) is 13.7 Å². The standard InChI is InChI=1S/C19H20N4O4S/c1-3-10-20-19(28)22-21-12-15-6-9-17(18(11-15)26-2)27-13-14-4-7-16(8-5-14)23(24)25/h3-9,11-12H,1,10,13H2,2H3,(H2,20,22,28). The lowest BCUT2D eigenvalue weighted by atomic mass is 10.2. The highest BCUT2D eigenvalue weighted by molar-refractivity contribution is 7.80. The van der Waals surface area contributed by atoms with E-state index in [2.05, 4.69) is 22.4 Å². The van der Waals surface area contributed by atoms with E-state index in [9.17, 15) is 10.1 Å². The van der Waals surface area contributed by atoms with Crippen molar-refractivity contribution in [2.45, 2.75) is 6.61 Å². The van der Waals surface area contributed by atoms with E-state index in [-0.39, 0.29) is 12.3 Å². The molecule has 0 heterocycles. The van der Waals surface area contributed by atoms with Gasteiger partial charge in [-0.3, -0.25) is 15.5 Å². The quantitative estimate of drug-likeness (QED) is 0.219. The zero-order valence-electron chi connectivity index (χ0n) is 15.3. The van der Waals surface area contributed by atoms with Crippen molar-refractivity contribution >= 4 is 29.2 Å². The fraction of sp³-hybridized carbons (Fsp3) is 0.158. The molecule has 0 atom stereocenters. The molecular formula is C19H20N4O4S. The number of nitrogens with zero attached hydrogens (tertiary/aromatic N) is 2. The van der Waals surface area contributed by atoms with Gasteiger partial charge in [0.2, 0.25) is 0 Å². The van der Waals surface area contributed by atoms with E-state index in [0.717, 1.165) is 11.1 Å². The minimum atomic E-state index is -0.439. The van der Waals surface area contributed by atoms with Gasteiger partial charge in [-0.25, -0.2) is 0 Å². The number of rotatable bonds is 9. The Morgan fingerprint density at radius 2 is 2.04 bits per heavy atom. The maximum atomic E-state index is 10.7. The average Bonchev–Trinajstić information content (AvgIpc) is 2.71. The molecule has 0 radical (unpaired) electrons. The average molecular weight is 400 g/mol. The number of nitrogens with one attached hydrogen (secondary N) is 2. The number of thiocarbonyl (C=S) groups is 1. The Bertz CT molecular complexity index is 869. The van der Waals surface area contributed by atoms with E-state index in [1.54, 1.807) is 43.7 Å². The van der Waals surface area contributed by atoms with Gasteiger partial charge in [0.1, 0.15) is 6.61 Å². The molecule has 28 heavy (non-hydrogen) atoms. The molecular weight excluding hydrogens is 380 g/mol. The Balaban J connectivity index is 1.97. The normalized spacial score (nSPS) is 10.3. The van der Waals surface area contributed by atoms with Crippen molar-refractivity contribution in [1.82, 2.24) is 10.7 Å². The van der Waals surface area contributed by atoms with E-state index in [0.29, 0.717) is 23.2 Å². The summed E-state index contributed by atoms with van der Waals surface area (Å²) in [5.41, 5.74) is 4.34. The molecule has 0 aliphatic heterocycles. The zero-order valence-corrected chi connectivity index (χ0v) is 16.1. The van der Waals surface area contributed by atoms with Crippen LogP contribution in [0, 0.1) is 10.1 Å². The summed E-state index contributed by atoms with van der Waals surface area (Å²) in [7, 11) is 1.54. The number of nitro benzene ring substituents is 1. The van der Waals surface area contributed by atoms with Crippen molar-refractivity contribution in [1.29, 1.82) is 0 Å². The van der Waals surface area contributed by atoms with Gasteiger partial charge in [-0.2, -0.15) is 5.10 Å². The fourth-order valence-electron chi connectivity index (χ4n) is 2.13. The molecule has 0 bridgehead atoms. The van der Waals surface area contributed by atoms with Gasteiger partial charge < -0.3 is 14.8 Å². The van der Waals surface area contributed by atoms with Gasteiger partial charge in [-0.15, -0.1) is 6.58 Å². The van der Waals surface area contributed by atoms with Crippen LogP contribution in [0.1, 0.15) is 11.1 Å². The first-order valence-electron chi connectivity index (χ1n) is 8.25. The van der Waals surface area contributed by atoms with Crippen molar-refractivity contribution in [3.63, 3.8) is 0 Å². The monoisotopic (exact) mass is 400 g/mol. The molecule has 0 amide bonds. The molecule has 2 rings (SSSR count). The highest BCUT2D eigenvalue weighted by Gasteiger charge is 2.07. The lowest BCUT2D eigenvalue weighted by Gasteiger charge is -2.11. The summed E-state index contributed by atoms with van der Waals surface area (Å²) in [4.78, 5) is 10.3. The number of benzene rings is 2. The first-order valence-corrected chi connectivity index (χ1v) is 8.66. The summed E-state index contributed by atoms with van der Waals surface area (Å²) < 4.78 is 11.1. The fourth-order valence-corrected chi connectivity index (χ4v) is 2.26. The second-order valence-electron chi connectivity index (χ2n) is 5.49. The van der Waals surface area contributed by atoms with Crippen LogP contribution in [0.2, 0.25) is 0 Å². The topological polar surface area (TPSA) is 98.0 Å². The molecule has 0 saturated heterocycles. The lowest BCUT2D eigenvalue weighted by molar-refractivity contribution is -0.384. The molecule has 8 nitrogen and oxygen atoms in total. The molecule has 0 aliphatic rings. The molecule has 0 unspecified atom stereocenters. The van der Waals surface area contributed by atoms with E-state index in [1.807, 2.05) is 6.07 Å². The van der Waals surface area contributed by atoms with Crippen LogP contribution in [0.5, 0.6) is 11.5 Å². The van der Waals surface area contributed by atoms with E-state index >= 15 is 0 Å². The van der Waals surface area contributed by atoms with E-state index < -0.39 is 4.92 Å². The molecule has 0 saturated carbocycles. The van der Waals surface area contributed by atoms with Crippen LogP contribution in [0.4, 0.5) is 5.69 Å². The van der Waals surface area contributed by atoms with Gasteiger partial charge >= 0.3 is 0 Å². The highest BCUT2D eigenvalue weighted by atomic mass is 32.1. The summed E-state index contributed by atoms with van der Waals surface area (Å²) in [6.07, 6.45) is 3.29.